The summed E-state index contributed by atoms with van der Waals surface area (Å²) in [5.74, 6) is 0.560. The van der Waals surface area contributed by atoms with Gasteiger partial charge in [-0.1, -0.05) is 6.92 Å². The van der Waals surface area contributed by atoms with Crippen molar-refractivity contribution in [2.24, 2.45) is 5.92 Å². The van der Waals surface area contributed by atoms with E-state index in [1.807, 2.05) is 25.1 Å². The van der Waals surface area contributed by atoms with E-state index in [4.69, 9.17) is 9.47 Å². The average molecular weight is 349 g/mol. The van der Waals surface area contributed by atoms with E-state index in [0.29, 0.717) is 6.61 Å². The average Bonchev–Trinajstić information content (AvgIpc) is 2.31. The molecule has 0 saturated heterocycles. The zero-order valence-corrected chi connectivity index (χ0v) is 12.3. The van der Waals surface area contributed by atoms with Crippen molar-refractivity contribution in [3.63, 3.8) is 0 Å². The molecule has 0 heterocycles. The van der Waals surface area contributed by atoms with Crippen LogP contribution in [0.2, 0.25) is 0 Å². The fourth-order valence-corrected chi connectivity index (χ4v) is 1.93. The number of benzene rings is 1. The summed E-state index contributed by atoms with van der Waals surface area (Å²) in [6.07, 6.45) is 0. The Hall–Kier alpha value is -0.820. The highest BCUT2D eigenvalue weighted by Gasteiger charge is 2.13. The van der Waals surface area contributed by atoms with Crippen molar-refractivity contribution < 1.29 is 14.3 Å². The Bertz CT molecular complexity index is 395. The fourth-order valence-electron chi connectivity index (χ4n) is 1.31. The molecule has 4 nitrogen and oxygen atoms in total. The van der Waals surface area contributed by atoms with E-state index in [9.17, 15) is 4.79 Å². The summed E-state index contributed by atoms with van der Waals surface area (Å²) < 4.78 is 11.0. The second kappa shape index (κ2) is 6.80. The van der Waals surface area contributed by atoms with Crippen molar-refractivity contribution in [1.29, 1.82) is 0 Å². The first-order valence-electron chi connectivity index (χ1n) is 5.21. The normalized spacial score (nSPS) is 12.0. The van der Waals surface area contributed by atoms with E-state index in [-0.39, 0.29) is 11.8 Å². The van der Waals surface area contributed by atoms with Gasteiger partial charge < -0.3 is 14.8 Å². The summed E-state index contributed by atoms with van der Waals surface area (Å²) >= 11 is 2.16. The van der Waals surface area contributed by atoms with Crippen LogP contribution in [0.1, 0.15) is 6.92 Å². The number of hydrogen-bond acceptors (Lipinski definition) is 3. The predicted octanol–water partition coefficient (Wildman–Crippen LogP) is 2.52. The molecule has 1 aromatic carbocycles. The molecule has 1 N–H and O–H groups in total. The quantitative estimate of drug-likeness (QED) is 0.831. The predicted molar refractivity (Wildman–Crippen MR) is 75.4 cm³/mol. The highest BCUT2D eigenvalue weighted by Crippen LogP contribution is 2.23. The van der Waals surface area contributed by atoms with Gasteiger partial charge in [0, 0.05) is 10.7 Å². The largest absolute Gasteiger partial charge is 0.497 e. The van der Waals surface area contributed by atoms with Crippen molar-refractivity contribution in [3.05, 3.63) is 21.8 Å². The number of hydrogen-bond donors (Lipinski definition) is 1. The van der Waals surface area contributed by atoms with Crippen LogP contribution in [-0.4, -0.2) is 26.7 Å². The molecule has 94 valence electrons. The van der Waals surface area contributed by atoms with Crippen LogP contribution < -0.4 is 10.1 Å². The van der Waals surface area contributed by atoms with Crippen molar-refractivity contribution in [3.8, 4) is 5.75 Å². The number of halogens is 1. The van der Waals surface area contributed by atoms with Gasteiger partial charge in [0.05, 0.1) is 25.3 Å². The third kappa shape index (κ3) is 4.16. The molecule has 1 rings (SSSR count). The SMILES string of the molecule is COCC(C)C(=O)Nc1ccc(OC)cc1I. The lowest BCUT2D eigenvalue weighted by atomic mass is 10.2. The molecule has 0 aliphatic rings. The van der Waals surface area contributed by atoms with Gasteiger partial charge in [-0.05, 0) is 40.8 Å². The van der Waals surface area contributed by atoms with Crippen molar-refractivity contribution >= 4 is 34.2 Å². The highest BCUT2D eigenvalue weighted by atomic mass is 127. The fraction of sp³-hybridized carbons (Fsp3) is 0.417. The number of amides is 1. The standard InChI is InChI=1S/C12H16INO3/c1-8(7-16-2)12(15)14-11-5-4-9(17-3)6-10(11)13/h4-6,8H,7H2,1-3H3,(H,14,15). The molecule has 0 fully saturated rings. The van der Waals surface area contributed by atoms with E-state index in [1.165, 1.54) is 0 Å². The number of ether oxygens (including phenoxy) is 2. The number of rotatable bonds is 5. The van der Waals surface area contributed by atoms with Crippen LogP contribution in [-0.2, 0) is 9.53 Å². The van der Waals surface area contributed by atoms with Crippen LogP contribution in [0.4, 0.5) is 5.69 Å². The van der Waals surface area contributed by atoms with Crippen molar-refractivity contribution in [2.45, 2.75) is 6.92 Å². The van der Waals surface area contributed by atoms with Gasteiger partial charge in [0.2, 0.25) is 5.91 Å². The van der Waals surface area contributed by atoms with Gasteiger partial charge in [-0.15, -0.1) is 0 Å². The lowest BCUT2D eigenvalue weighted by Gasteiger charge is -2.13. The van der Waals surface area contributed by atoms with Gasteiger partial charge in [0.15, 0.2) is 0 Å². The van der Waals surface area contributed by atoms with Crippen LogP contribution in [0.5, 0.6) is 5.75 Å². The Balaban J connectivity index is 2.71. The molecule has 17 heavy (non-hydrogen) atoms. The topological polar surface area (TPSA) is 47.6 Å². The molecule has 0 spiro atoms. The Kier molecular flexibility index (Phi) is 5.70. The van der Waals surface area contributed by atoms with Gasteiger partial charge in [0.1, 0.15) is 5.75 Å². The van der Waals surface area contributed by atoms with Crippen molar-refractivity contribution in [1.82, 2.24) is 0 Å². The van der Waals surface area contributed by atoms with Crippen LogP contribution in [0, 0.1) is 9.49 Å². The molecule has 0 radical (unpaired) electrons. The zero-order valence-electron chi connectivity index (χ0n) is 10.1. The molecule has 1 aromatic rings. The molecule has 1 amide bonds. The molecule has 0 aliphatic carbocycles. The summed E-state index contributed by atoms with van der Waals surface area (Å²) in [4.78, 5) is 11.8. The van der Waals surface area contributed by atoms with E-state index in [0.717, 1.165) is 15.0 Å². The van der Waals surface area contributed by atoms with Crippen LogP contribution in [0.3, 0.4) is 0 Å². The highest BCUT2D eigenvalue weighted by molar-refractivity contribution is 14.1. The molecule has 1 unspecified atom stereocenters. The van der Waals surface area contributed by atoms with Gasteiger partial charge in [-0.2, -0.15) is 0 Å². The number of carbonyl (C=O) groups excluding carboxylic acids is 1. The Morgan fingerprint density at radius 3 is 2.71 bits per heavy atom. The third-order valence-electron chi connectivity index (χ3n) is 2.30. The van der Waals surface area contributed by atoms with Crippen molar-refractivity contribution in [2.75, 3.05) is 26.1 Å². The Labute approximate surface area is 115 Å². The smallest absolute Gasteiger partial charge is 0.229 e. The zero-order chi connectivity index (χ0) is 12.8. The first kappa shape index (κ1) is 14.2. The van der Waals surface area contributed by atoms with Gasteiger partial charge in [-0.25, -0.2) is 0 Å². The van der Waals surface area contributed by atoms with Gasteiger partial charge >= 0.3 is 0 Å². The van der Waals surface area contributed by atoms with E-state index in [2.05, 4.69) is 27.9 Å². The molecule has 0 bridgehead atoms. The maximum absolute atomic E-state index is 11.8. The minimum Gasteiger partial charge on any atom is -0.497 e. The second-order valence-corrected chi connectivity index (χ2v) is 4.85. The number of anilines is 1. The maximum Gasteiger partial charge on any atom is 0.229 e. The summed E-state index contributed by atoms with van der Waals surface area (Å²) in [5.41, 5.74) is 0.791. The van der Waals surface area contributed by atoms with Gasteiger partial charge in [0.25, 0.3) is 0 Å². The van der Waals surface area contributed by atoms with Crippen LogP contribution >= 0.6 is 22.6 Å². The molecule has 0 aliphatic heterocycles. The molecule has 1 atom stereocenters. The molecular formula is C12H16INO3. The number of nitrogens with one attached hydrogen (secondary N) is 1. The van der Waals surface area contributed by atoms with E-state index in [1.54, 1.807) is 14.2 Å². The molecule has 5 heteroatoms. The summed E-state index contributed by atoms with van der Waals surface area (Å²) in [6.45, 7) is 2.24. The first-order chi connectivity index (χ1) is 8.08. The lowest BCUT2D eigenvalue weighted by Crippen LogP contribution is -2.24. The van der Waals surface area contributed by atoms with E-state index < -0.39 is 0 Å². The van der Waals surface area contributed by atoms with Gasteiger partial charge in [-0.3, -0.25) is 4.79 Å². The maximum atomic E-state index is 11.8. The van der Waals surface area contributed by atoms with Crippen LogP contribution in [0.15, 0.2) is 18.2 Å². The number of carbonyl (C=O) groups is 1. The summed E-state index contributed by atoms with van der Waals surface area (Å²) in [7, 11) is 3.20. The van der Waals surface area contributed by atoms with Crippen LogP contribution in [0.25, 0.3) is 0 Å². The Morgan fingerprint density at radius 1 is 1.47 bits per heavy atom. The first-order valence-corrected chi connectivity index (χ1v) is 6.29. The monoisotopic (exact) mass is 349 g/mol. The minimum absolute atomic E-state index is 0.0464. The van der Waals surface area contributed by atoms with E-state index >= 15 is 0 Å². The summed E-state index contributed by atoms with van der Waals surface area (Å²) in [5, 5.41) is 2.86. The lowest BCUT2D eigenvalue weighted by molar-refractivity contribution is -0.120. The second-order valence-electron chi connectivity index (χ2n) is 3.69. The minimum atomic E-state index is -0.169. The molecular weight excluding hydrogens is 333 g/mol. The number of methoxy groups -OCH3 is 2. The molecule has 0 aromatic heterocycles. The Morgan fingerprint density at radius 2 is 2.18 bits per heavy atom. The molecule has 0 saturated carbocycles. The third-order valence-corrected chi connectivity index (χ3v) is 3.19. The summed E-state index contributed by atoms with van der Waals surface area (Å²) in [6, 6.07) is 5.52.